The number of phenolic OH excluding ortho intramolecular Hbond substituents is 1. The van der Waals surface area contributed by atoms with Crippen LogP contribution in [0.1, 0.15) is 82.1 Å². The predicted octanol–water partition coefficient (Wildman–Crippen LogP) is 4.04. The van der Waals surface area contributed by atoms with Crippen LogP contribution in [0.2, 0.25) is 0 Å². The fourth-order valence-electron chi connectivity index (χ4n) is 6.51. The number of piperidine rings is 1. The van der Waals surface area contributed by atoms with Crippen molar-refractivity contribution in [3.63, 3.8) is 0 Å². The number of rotatable bonds is 7. The average Bonchev–Trinajstić information content (AvgIpc) is 3.49. The van der Waals surface area contributed by atoms with Gasteiger partial charge in [0.15, 0.2) is 0 Å². The predicted molar refractivity (Wildman–Crippen MR) is 121 cm³/mol. The van der Waals surface area contributed by atoms with Crippen molar-refractivity contribution in [3.8, 4) is 5.75 Å². The molecule has 0 radical (unpaired) electrons. The van der Waals surface area contributed by atoms with Crippen molar-refractivity contribution in [1.29, 1.82) is 0 Å². The zero-order chi connectivity index (χ0) is 21.4. The maximum absolute atomic E-state index is 13.1. The number of aliphatic hydroxyl groups is 1. The fraction of sp³-hybridized carbons (Fsp3) is 0.731. The van der Waals surface area contributed by atoms with Crippen LogP contribution in [0.4, 0.5) is 0 Å². The van der Waals surface area contributed by atoms with Crippen LogP contribution < -0.4 is 0 Å². The molecule has 1 aromatic rings. The highest BCUT2D eigenvalue weighted by atomic mass is 16.3. The number of hydrogen-bond donors (Lipinski definition) is 2. The van der Waals surface area contributed by atoms with Gasteiger partial charge in [-0.2, -0.15) is 0 Å². The Morgan fingerprint density at radius 3 is 2.42 bits per heavy atom. The summed E-state index contributed by atoms with van der Waals surface area (Å²) in [5.41, 5.74) is 0.206. The molecule has 2 bridgehead atoms. The van der Waals surface area contributed by atoms with Crippen molar-refractivity contribution in [3.05, 3.63) is 29.8 Å². The quantitative estimate of drug-likeness (QED) is 0.691. The summed E-state index contributed by atoms with van der Waals surface area (Å²) >= 11 is 0. The van der Waals surface area contributed by atoms with Crippen molar-refractivity contribution in [2.24, 2.45) is 5.92 Å². The van der Waals surface area contributed by atoms with E-state index in [4.69, 9.17) is 0 Å². The summed E-state index contributed by atoms with van der Waals surface area (Å²) in [5, 5.41) is 20.4. The minimum absolute atomic E-state index is 0.0138. The summed E-state index contributed by atoms with van der Waals surface area (Å²) in [6.07, 6.45) is 12.4. The molecule has 2 aliphatic carbocycles. The third-order valence-corrected chi connectivity index (χ3v) is 8.47. The third-order valence-electron chi connectivity index (χ3n) is 8.47. The van der Waals surface area contributed by atoms with E-state index in [-0.39, 0.29) is 5.91 Å². The second-order valence-electron chi connectivity index (χ2n) is 10.7. The van der Waals surface area contributed by atoms with E-state index in [9.17, 15) is 15.0 Å². The Balaban J connectivity index is 1.22. The van der Waals surface area contributed by atoms with Gasteiger partial charge >= 0.3 is 0 Å². The number of aromatic hydroxyl groups is 1. The number of amides is 1. The Morgan fingerprint density at radius 2 is 1.77 bits per heavy atom. The molecule has 5 nitrogen and oxygen atoms in total. The standard InChI is InChI=1S/C26H38N2O3/c29-24-8-4-7-20(17-24)21-15-22-9-10-23(16-21)28(22)14-13-27(25(30)26(31)11-12-26)18-19-5-2-1-3-6-19/h4,7-8,17,19,21-23,29,31H,1-3,5-6,9-16,18H2/t21?,22-,23+. The topological polar surface area (TPSA) is 64.0 Å². The lowest BCUT2D eigenvalue weighted by molar-refractivity contribution is -0.143. The highest BCUT2D eigenvalue weighted by Gasteiger charge is 2.50. The molecule has 2 heterocycles. The fourth-order valence-corrected chi connectivity index (χ4v) is 6.51. The van der Waals surface area contributed by atoms with Crippen molar-refractivity contribution in [2.45, 2.75) is 94.2 Å². The molecule has 0 spiro atoms. The first kappa shape index (κ1) is 21.3. The maximum atomic E-state index is 13.1. The minimum Gasteiger partial charge on any atom is -0.508 e. The Kier molecular flexibility index (Phi) is 6.00. The van der Waals surface area contributed by atoms with Crippen LogP contribution in [-0.4, -0.2) is 63.2 Å². The van der Waals surface area contributed by atoms with Crippen molar-refractivity contribution >= 4 is 5.91 Å². The number of carbonyl (C=O) groups excluding carboxylic acids is 1. The smallest absolute Gasteiger partial charge is 0.254 e. The molecule has 4 aliphatic rings. The minimum atomic E-state index is -1.06. The molecule has 3 atom stereocenters. The molecule has 4 fully saturated rings. The van der Waals surface area contributed by atoms with E-state index in [1.165, 1.54) is 50.5 Å². The van der Waals surface area contributed by atoms with Crippen LogP contribution in [0.25, 0.3) is 0 Å². The van der Waals surface area contributed by atoms with Gasteiger partial charge in [0.2, 0.25) is 0 Å². The monoisotopic (exact) mass is 426 g/mol. The van der Waals surface area contributed by atoms with Crippen molar-refractivity contribution in [2.75, 3.05) is 19.6 Å². The summed E-state index contributed by atoms with van der Waals surface area (Å²) in [4.78, 5) is 17.7. The molecular weight excluding hydrogens is 388 g/mol. The molecule has 31 heavy (non-hydrogen) atoms. The van der Waals surface area contributed by atoms with E-state index in [1.807, 2.05) is 17.0 Å². The largest absolute Gasteiger partial charge is 0.508 e. The zero-order valence-corrected chi connectivity index (χ0v) is 18.7. The van der Waals surface area contributed by atoms with Crippen molar-refractivity contribution in [1.82, 2.24) is 9.80 Å². The Hall–Kier alpha value is -1.59. The third kappa shape index (κ3) is 4.63. The van der Waals surface area contributed by atoms with Gasteiger partial charge < -0.3 is 15.1 Å². The summed E-state index contributed by atoms with van der Waals surface area (Å²) in [6, 6.07) is 8.93. The molecule has 2 aliphatic heterocycles. The van der Waals surface area contributed by atoms with Gasteiger partial charge in [-0.3, -0.25) is 9.69 Å². The molecule has 1 amide bonds. The van der Waals surface area contributed by atoms with E-state index >= 15 is 0 Å². The van der Waals surface area contributed by atoms with E-state index in [0.29, 0.717) is 42.5 Å². The van der Waals surface area contributed by atoms with Crippen LogP contribution in [0.15, 0.2) is 24.3 Å². The molecule has 2 saturated heterocycles. The molecule has 1 unspecified atom stereocenters. The molecule has 5 rings (SSSR count). The Bertz CT molecular complexity index is 773. The first-order chi connectivity index (χ1) is 15.0. The van der Waals surface area contributed by atoms with E-state index in [1.54, 1.807) is 6.07 Å². The van der Waals surface area contributed by atoms with Gasteiger partial charge in [-0.1, -0.05) is 31.4 Å². The van der Waals surface area contributed by atoms with E-state index < -0.39 is 5.60 Å². The second-order valence-corrected chi connectivity index (χ2v) is 10.7. The van der Waals surface area contributed by atoms with Gasteiger partial charge in [-0.05, 0) is 80.9 Å². The van der Waals surface area contributed by atoms with Crippen LogP contribution in [0.3, 0.4) is 0 Å². The average molecular weight is 427 g/mol. The summed E-state index contributed by atoms with van der Waals surface area (Å²) in [5.74, 6) is 1.48. The number of nitrogens with zero attached hydrogens (tertiary/aromatic N) is 2. The molecule has 5 heteroatoms. The molecule has 1 aromatic carbocycles. The first-order valence-electron chi connectivity index (χ1n) is 12.6. The number of carbonyl (C=O) groups is 1. The van der Waals surface area contributed by atoms with Gasteiger partial charge in [0.1, 0.15) is 11.4 Å². The summed E-state index contributed by atoms with van der Waals surface area (Å²) < 4.78 is 0. The molecule has 2 N–H and O–H groups in total. The second kappa shape index (κ2) is 8.74. The lowest BCUT2D eigenvalue weighted by Gasteiger charge is -2.41. The van der Waals surface area contributed by atoms with Gasteiger partial charge in [-0.15, -0.1) is 0 Å². The number of fused-ring (bicyclic) bond motifs is 2. The summed E-state index contributed by atoms with van der Waals surface area (Å²) in [7, 11) is 0. The Labute approximate surface area is 186 Å². The molecule has 0 aromatic heterocycles. The number of phenols is 1. The van der Waals surface area contributed by atoms with Gasteiger partial charge in [0, 0.05) is 31.7 Å². The zero-order valence-electron chi connectivity index (χ0n) is 18.7. The normalized spacial score (nSPS) is 30.3. The van der Waals surface area contributed by atoms with Gasteiger partial charge in [0.05, 0.1) is 0 Å². The van der Waals surface area contributed by atoms with Crippen molar-refractivity contribution < 1.29 is 15.0 Å². The highest BCUT2D eigenvalue weighted by Crippen LogP contribution is 2.43. The molecule has 2 saturated carbocycles. The molecule has 170 valence electrons. The SMILES string of the molecule is O=C(N(CCN1[C@@H]2CC[C@H]1CC(c1cccc(O)c1)C2)CC1CCCCC1)C1(O)CC1. The number of benzene rings is 1. The maximum Gasteiger partial charge on any atom is 0.254 e. The molecular formula is C26H38N2O3. The van der Waals surface area contributed by atoms with E-state index in [2.05, 4.69) is 11.0 Å². The summed E-state index contributed by atoms with van der Waals surface area (Å²) in [6.45, 7) is 2.51. The Morgan fingerprint density at radius 1 is 1.06 bits per heavy atom. The lowest BCUT2D eigenvalue weighted by Crippen LogP contribution is -2.50. The van der Waals surface area contributed by atoms with Gasteiger partial charge in [-0.25, -0.2) is 0 Å². The van der Waals surface area contributed by atoms with Crippen LogP contribution in [0, 0.1) is 5.92 Å². The highest BCUT2D eigenvalue weighted by molar-refractivity contribution is 5.87. The number of hydrogen-bond acceptors (Lipinski definition) is 4. The van der Waals surface area contributed by atoms with Crippen LogP contribution >= 0.6 is 0 Å². The van der Waals surface area contributed by atoms with Crippen LogP contribution in [-0.2, 0) is 4.79 Å². The van der Waals surface area contributed by atoms with Gasteiger partial charge in [0.25, 0.3) is 5.91 Å². The lowest BCUT2D eigenvalue weighted by atomic mass is 9.85. The van der Waals surface area contributed by atoms with Crippen LogP contribution in [0.5, 0.6) is 5.75 Å². The first-order valence-corrected chi connectivity index (χ1v) is 12.6. The van der Waals surface area contributed by atoms with E-state index in [0.717, 1.165) is 32.5 Å².